The van der Waals surface area contributed by atoms with E-state index in [0.29, 0.717) is 16.5 Å². The first kappa shape index (κ1) is 10.9. The van der Waals surface area contributed by atoms with Crippen molar-refractivity contribution in [2.24, 2.45) is 0 Å². The van der Waals surface area contributed by atoms with Gasteiger partial charge in [-0.05, 0) is 30.5 Å². The summed E-state index contributed by atoms with van der Waals surface area (Å²) in [7, 11) is 0. The van der Waals surface area contributed by atoms with Crippen molar-refractivity contribution in [1.82, 2.24) is 4.98 Å². The molecule has 0 bridgehead atoms. The maximum Gasteiger partial charge on any atom is 0.189 e. The van der Waals surface area contributed by atoms with Crippen LogP contribution in [-0.4, -0.2) is 4.98 Å². The fraction of sp³-hybridized carbons (Fsp3) is 0.308. The first-order valence-corrected chi connectivity index (χ1v) is 5.32. The van der Waals surface area contributed by atoms with Crippen molar-refractivity contribution < 1.29 is 4.39 Å². The zero-order chi connectivity index (χ0) is 11.9. The number of aryl methyl sites for hydroxylation is 1. The van der Waals surface area contributed by atoms with E-state index in [9.17, 15) is 9.18 Å². The second kappa shape index (κ2) is 3.74. The number of benzene rings is 1. The Labute approximate surface area is 93.1 Å². The number of aromatic amines is 1. The van der Waals surface area contributed by atoms with Crippen molar-refractivity contribution in [1.29, 1.82) is 0 Å². The molecule has 1 aromatic heterocycles. The van der Waals surface area contributed by atoms with Crippen LogP contribution in [0.15, 0.2) is 23.0 Å². The Morgan fingerprint density at radius 1 is 1.25 bits per heavy atom. The van der Waals surface area contributed by atoms with Gasteiger partial charge in [-0.15, -0.1) is 0 Å². The molecule has 0 aliphatic heterocycles. The van der Waals surface area contributed by atoms with E-state index in [1.54, 1.807) is 13.0 Å². The number of H-pyrrole nitrogens is 1. The lowest BCUT2D eigenvalue weighted by Gasteiger charge is -2.08. The number of hydrogen-bond donors (Lipinski definition) is 1. The van der Waals surface area contributed by atoms with Crippen LogP contribution in [0.4, 0.5) is 4.39 Å². The Hall–Kier alpha value is -1.64. The van der Waals surface area contributed by atoms with Crippen molar-refractivity contribution in [3.05, 3.63) is 45.5 Å². The average Bonchev–Trinajstić information content (AvgIpc) is 2.15. The Balaban J connectivity index is 2.87. The highest BCUT2D eigenvalue weighted by Crippen LogP contribution is 2.18. The molecule has 3 heteroatoms. The van der Waals surface area contributed by atoms with Gasteiger partial charge in [0.15, 0.2) is 5.43 Å². The zero-order valence-electron chi connectivity index (χ0n) is 9.60. The molecule has 0 amide bonds. The summed E-state index contributed by atoms with van der Waals surface area (Å²) in [5.74, 6) is -0.0952. The lowest BCUT2D eigenvalue weighted by Crippen LogP contribution is -2.08. The number of hydrogen-bond acceptors (Lipinski definition) is 1. The molecule has 0 radical (unpaired) electrons. The van der Waals surface area contributed by atoms with Gasteiger partial charge in [0.1, 0.15) is 5.82 Å². The van der Waals surface area contributed by atoms with E-state index in [0.717, 1.165) is 5.69 Å². The van der Waals surface area contributed by atoms with E-state index in [1.165, 1.54) is 12.1 Å². The van der Waals surface area contributed by atoms with Crippen molar-refractivity contribution in [3.63, 3.8) is 0 Å². The van der Waals surface area contributed by atoms with Gasteiger partial charge < -0.3 is 4.98 Å². The van der Waals surface area contributed by atoms with E-state index in [1.807, 2.05) is 13.8 Å². The van der Waals surface area contributed by atoms with Gasteiger partial charge in [-0.2, -0.15) is 0 Å². The zero-order valence-corrected chi connectivity index (χ0v) is 9.60. The summed E-state index contributed by atoms with van der Waals surface area (Å²) >= 11 is 0. The van der Waals surface area contributed by atoms with Crippen LogP contribution < -0.4 is 5.43 Å². The van der Waals surface area contributed by atoms with Gasteiger partial charge in [0.2, 0.25) is 0 Å². The van der Waals surface area contributed by atoms with Gasteiger partial charge in [-0.25, -0.2) is 4.39 Å². The van der Waals surface area contributed by atoms with Crippen LogP contribution in [0.3, 0.4) is 0 Å². The van der Waals surface area contributed by atoms with Crippen LogP contribution in [0.2, 0.25) is 0 Å². The molecule has 2 aromatic rings. The van der Waals surface area contributed by atoms with Crippen LogP contribution in [0.25, 0.3) is 10.9 Å². The Morgan fingerprint density at radius 3 is 2.56 bits per heavy atom. The quantitative estimate of drug-likeness (QED) is 0.785. The van der Waals surface area contributed by atoms with Crippen LogP contribution in [0, 0.1) is 12.7 Å². The highest BCUT2D eigenvalue weighted by molar-refractivity contribution is 5.82. The maximum absolute atomic E-state index is 13.2. The number of pyridine rings is 1. The lowest BCUT2D eigenvalue weighted by atomic mass is 10.0. The van der Waals surface area contributed by atoms with Crippen LogP contribution in [-0.2, 0) is 0 Å². The molecule has 16 heavy (non-hydrogen) atoms. The van der Waals surface area contributed by atoms with Gasteiger partial charge in [-0.1, -0.05) is 13.8 Å². The normalized spacial score (nSPS) is 11.3. The van der Waals surface area contributed by atoms with Gasteiger partial charge in [0.05, 0.1) is 5.52 Å². The van der Waals surface area contributed by atoms with Crippen LogP contribution in [0.5, 0.6) is 0 Å². The molecule has 2 rings (SSSR count). The minimum atomic E-state index is -0.318. The topological polar surface area (TPSA) is 32.9 Å². The number of rotatable bonds is 1. The fourth-order valence-electron chi connectivity index (χ4n) is 1.88. The molecule has 0 aliphatic carbocycles. The number of halogens is 1. The minimum Gasteiger partial charge on any atom is -0.358 e. The molecule has 0 unspecified atom stereocenters. The van der Waals surface area contributed by atoms with E-state index in [4.69, 9.17) is 0 Å². The summed E-state index contributed by atoms with van der Waals surface area (Å²) < 4.78 is 13.2. The fourth-order valence-corrected chi connectivity index (χ4v) is 1.88. The van der Waals surface area contributed by atoms with E-state index in [-0.39, 0.29) is 17.2 Å². The molecule has 0 fully saturated rings. The first-order chi connectivity index (χ1) is 7.49. The molecule has 1 N–H and O–H groups in total. The smallest absolute Gasteiger partial charge is 0.189 e. The molecule has 2 nitrogen and oxygen atoms in total. The highest BCUT2D eigenvalue weighted by Gasteiger charge is 2.08. The molecule has 0 spiro atoms. The Morgan fingerprint density at radius 2 is 1.94 bits per heavy atom. The Bertz CT molecular complexity index is 599. The van der Waals surface area contributed by atoms with Crippen LogP contribution >= 0.6 is 0 Å². The summed E-state index contributed by atoms with van der Waals surface area (Å²) in [5, 5.41) is 0.575. The van der Waals surface area contributed by atoms with Gasteiger partial charge >= 0.3 is 0 Å². The van der Waals surface area contributed by atoms with Crippen molar-refractivity contribution in [2.75, 3.05) is 0 Å². The third kappa shape index (κ3) is 1.73. The van der Waals surface area contributed by atoms with E-state index in [2.05, 4.69) is 4.98 Å². The molecular weight excluding hydrogens is 205 g/mol. The molecule has 0 saturated heterocycles. The molecular formula is C13H14FNO. The maximum atomic E-state index is 13.2. The third-order valence-electron chi connectivity index (χ3n) is 2.73. The predicted octanol–water partition coefficient (Wildman–Crippen LogP) is 3.10. The second-order valence-corrected chi connectivity index (χ2v) is 4.39. The number of nitrogens with one attached hydrogen (secondary N) is 1. The first-order valence-electron chi connectivity index (χ1n) is 5.32. The van der Waals surface area contributed by atoms with Crippen molar-refractivity contribution in [3.8, 4) is 0 Å². The summed E-state index contributed by atoms with van der Waals surface area (Å²) in [6.07, 6.45) is 0. The Kier molecular flexibility index (Phi) is 2.54. The van der Waals surface area contributed by atoms with Crippen molar-refractivity contribution >= 4 is 10.9 Å². The summed E-state index contributed by atoms with van der Waals surface area (Å²) in [5.41, 5.74) is 2.04. The molecule has 0 aliphatic rings. The highest BCUT2D eigenvalue weighted by atomic mass is 19.1. The van der Waals surface area contributed by atoms with Crippen molar-refractivity contribution in [2.45, 2.75) is 26.7 Å². The van der Waals surface area contributed by atoms with Crippen LogP contribution in [0.1, 0.15) is 31.0 Å². The van der Waals surface area contributed by atoms with Gasteiger partial charge in [-0.3, -0.25) is 4.79 Å². The molecule has 1 heterocycles. The second-order valence-electron chi connectivity index (χ2n) is 4.39. The molecule has 1 aromatic carbocycles. The minimum absolute atomic E-state index is 0.0463. The lowest BCUT2D eigenvalue weighted by molar-refractivity contribution is 0.628. The van der Waals surface area contributed by atoms with Gasteiger partial charge in [0.25, 0.3) is 0 Å². The number of aromatic nitrogens is 1. The number of fused-ring (bicyclic) bond motifs is 1. The summed E-state index contributed by atoms with van der Waals surface area (Å²) in [6.45, 7) is 5.72. The summed E-state index contributed by atoms with van der Waals surface area (Å²) in [6, 6.07) is 4.35. The predicted molar refractivity (Wildman–Crippen MR) is 63.4 cm³/mol. The molecule has 0 saturated carbocycles. The third-order valence-corrected chi connectivity index (χ3v) is 2.73. The monoisotopic (exact) mass is 219 g/mol. The molecule has 84 valence electrons. The van der Waals surface area contributed by atoms with E-state index < -0.39 is 0 Å². The standard InChI is InChI=1S/C13H14FNO/c1-7(2)10-6-12(16)13-8(3)4-9(14)5-11(13)15-10/h4-7H,1-3H3,(H,15,16). The average molecular weight is 219 g/mol. The SMILES string of the molecule is Cc1cc(F)cc2[nH]c(C(C)C)cc(=O)c12. The summed E-state index contributed by atoms with van der Waals surface area (Å²) in [4.78, 5) is 15.0. The largest absolute Gasteiger partial charge is 0.358 e. The van der Waals surface area contributed by atoms with Gasteiger partial charge in [0, 0.05) is 17.1 Å². The van der Waals surface area contributed by atoms with E-state index >= 15 is 0 Å². The molecule has 0 atom stereocenters.